The van der Waals surface area contributed by atoms with Gasteiger partial charge in [-0.25, -0.2) is 9.59 Å². The number of amides is 2. The van der Waals surface area contributed by atoms with Gasteiger partial charge >= 0.3 is 12.1 Å². The Kier molecular flexibility index (Phi) is 6.45. The van der Waals surface area contributed by atoms with Crippen LogP contribution in [0.1, 0.15) is 33.6 Å². The summed E-state index contributed by atoms with van der Waals surface area (Å²) in [6.45, 7) is 6.11. The molecule has 0 bridgehead atoms. The number of carbonyl (C=O) groups excluding carboxylic acids is 3. The second-order valence-electron chi connectivity index (χ2n) is 5.30. The molecule has 0 saturated carbocycles. The van der Waals surface area contributed by atoms with Crippen LogP contribution in [0, 0.1) is 5.92 Å². The highest BCUT2D eigenvalue weighted by Crippen LogP contribution is 2.19. The minimum absolute atomic E-state index is 0.0983. The zero-order valence-corrected chi connectivity index (χ0v) is 13.0. The Bertz CT molecular complexity index is 397. The maximum Gasteiger partial charge on any atom is 0.410 e. The standard InChI is InChI=1S/C14H24N2O5/c1-5-21-14(19)16-8-6-7-10(16)12(17)15-11(9(2)3)13(18)20-4/h9-11H,5-8H2,1-4H3,(H,15,17). The molecule has 7 nitrogen and oxygen atoms in total. The molecule has 1 heterocycles. The third kappa shape index (κ3) is 4.34. The topological polar surface area (TPSA) is 84.9 Å². The molecule has 2 amide bonds. The average molecular weight is 300 g/mol. The normalized spacial score (nSPS) is 19.3. The zero-order chi connectivity index (χ0) is 16.0. The second-order valence-corrected chi connectivity index (χ2v) is 5.30. The lowest BCUT2D eigenvalue weighted by Crippen LogP contribution is -2.52. The molecular formula is C14H24N2O5. The molecule has 0 aromatic heterocycles. The summed E-state index contributed by atoms with van der Waals surface area (Å²) in [6, 6.07) is -1.30. The van der Waals surface area contributed by atoms with Gasteiger partial charge in [0.2, 0.25) is 5.91 Å². The highest BCUT2D eigenvalue weighted by molar-refractivity contribution is 5.90. The van der Waals surface area contributed by atoms with Crippen LogP contribution in [0.2, 0.25) is 0 Å². The highest BCUT2D eigenvalue weighted by Gasteiger charge is 2.37. The van der Waals surface area contributed by atoms with Crippen LogP contribution in [-0.4, -0.2) is 55.2 Å². The van der Waals surface area contributed by atoms with Crippen molar-refractivity contribution in [3.63, 3.8) is 0 Å². The monoisotopic (exact) mass is 300 g/mol. The first-order chi connectivity index (χ1) is 9.92. The molecule has 0 aromatic carbocycles. The van der Waals surface area contributed by atoms with Crippen molar-refractivity contribution < 1.29 is 23.9 Å². The van der Waals surface area contributed by atoms with E-state index in [1.807, 2.05) is 13.8 Å². The summed E-state index contributed by atoms with van der Waals surface area (Å²) in [7, 11) is 1.28. The van der Waals surface area contributed by atoms with Crippen LogP contribution in [0.4, 0.5) is 4.79 Å². The number of carbonyl (C=O) groups is 3. The molecule has 7 heteroatoms. The van der Waals surface area contributed by atoms with Crippen molar-refractivity contribution in [3.05, 3.63) is 0 Å². The van der Waals surface area contributed by atoms with E-state index in [9.17, 15) is 14.4 Å². The Balaban J connectivity index is 2.72. The Morgan fingerprint density at radius 1 is 1.33 bits per heavy atom. The number of nitrogens with zero attached hydrogens (tertiary/aromatic N) is 1. The molecule has 1 aliphatic heterocycles. The predicted octanol–water partition coefficient (Wildman–Crippen LogP) is 0.921. The summed E-state index contributed by atoms with van der Waals surface area (Å²) >= 11 is 0. The van der Waals surface area contributed by atoms with Crippen LogP contribution in [-0.2, 0) is 19.1 Å². The van der Waals surface area contributed by atoms with Crippen LogP contribution < -0.4 is 5.32 Å². The van der Waals surface area contributed by atoms with Crippen LogP contribution in [0.3, 0.4) is 0 Å². The molecule has 0 radical (unpaired) electrons. The van der Waals surface area contributed by atoms with Crippen molar-refractivity contribution in [2.75, 3.05) is 20.3 Å². The number of nitrogens with one attached hydrogen (secondary N) is 1. The number of rotatable bonds is 5. The number of hydrogen-bond acceptors (Lipinski definition) is 5. The summed E-state index contributed by atoms with van der Waals surface area (Å²) in [4.78, 5) is 37.2. The Labute approximate surface area is 124 Å². The van der Waals surface area contributed by atoms with Crippen LogP contribution in [0.15, 0.2) is 0 Å². The fourth-order valence-electron chi connectivity index (χ4n) is 2.34. The van der Waals surface area contributed by atoms with Gasteiger partial charge in [-0.2, -0.15) is 0 Å². The first-order valence-electron chi connectivity index (χ1n) is 7.23. The summed E-state index contributed by atoms with van der Waals surface area (Å²) in [6.07, 6.45) is 0.812. The molecule has 0 spiro atoms. The number of methoxy groups -OCH3 is 1. The lowest BCUT2D eigenvalue weighted by Gasteiger charge is -2.26. The maximum atomic E-state index is 12.3. The van der Waals surface area contributed by atoms with E-state index >= 15 is 0 Å². The summed E-state index contributed by atoms with van der Waals surface area (Å²) in [5, 5.41) is 2.67. The Morgan fingerprint density at radius 2 is 2.00 bits per heavy atom. The van der Waals surface area contributed by atoms with E-state index in [0.29, 0.717) is 13.0 Å². The summed E-state index contributed by atoms with van der Waals surface area (Å²) in [5.41, 5.74) is 0. The van der Waals surface area contributed by atoms with Gasteiger partial charge in [0.25, 0.3) is 0 Å². The number of esters is 1. The minimum atomic E-state index is -0.716. The van der Waals surface area contributed by atoms with Crippen molar-refractivity contribution in [2.24, 2.45) is 5.92 Å². The first-order valence-corrected chi connectivity index (χ1v) is 7.23. The molecule has 0 aliphatic carbocycles. The third-order valence-electron chi connectivity index (χ3n) is 3.48. The summed E-state index contributed by atoms with van der Waals surface area (Å²) < 4.78 is 9.63. The number of likely N-dealkylation sites (tertiary alicyclic amines) is 1. The van der Waals surface area contributed by atoms with E-state index in [1.54, 1.807) is 6.92 Å². The molecule has 1 saturated heterocycles. The molecule has 1 fully saturated rings. The van der Waals surface area contributed by atoms with Gasteiger partial charge in [0, 0.05) is 6.54 Å². The van der Waals surface area contributed by atoms with Gasteiger partial charge in [-0.05, 0) is 25.7 Å². The molecule has 1 rings (SSSR count). The predicted molar refractivity (Wildman–Crippen MR) is 75.5 cm³/mol. The zero-order valence-electron chi connectivity index (χ0n) is 13.0. The molecule has 1 N–H and O–H groups in total. The molecule has 1 aliphatic rings. The van der Waals surface area contributed by atoms with Gasteiger partial charge in [0.15, 0.2) is 0 Å². The van der Waals surface area contributed by atoms with Gasteiger partial charge in [-0.3, -0.25) is 9.69 Å². The molecule has 120 valence electrons. The molecule has 21 heavy (non-hydrogen) atoms. The lowest BCUT2D eigenvalue weighted by molar-refractivity contribution is -0.146. The van der Waals surface area contributed by atoms with Crippen molar-refractivity contribution in [1.82, 2.24) is 10.2 Å². The Hall–Kier alpha value is -1.79. The smallest absolute Gasteiger partial charge is 0.410 e. The molecule has 0 aromatic rings. The van der Waals surface area contributed by atoms with Crippen LogP contribution >= 0.6 is 0 Å². The number of hydrogen-bond donors (Lipinski definition) is 1. The van der Waals surface area contributed by atoms with Gasteiger partial charge in [-0.1, -0.05) is 13.8 Å². The molecule has 2 unspecified atom stereocenters. The van der Waals surface area contributed by atoms with Gasteiger partial charge in [0.05, 0.1) is 13.7 Å². The highest BCUT2D eigenvalue weighted by atomic mass is 16.6. The van der Waals surface area contributed by atoms with Crippen LogP contribution in [0.25, 0.3) is 0 Å². The van der Waals surface area contributed by atoms with E-state index in [-0.39, 0.29) is 18.4 Å². The Morgan fingerprint density at radius 3 is 2.52 bits per heavy atom. The second kappa shape index (κ2) is 7.85. The van der Waals surface area contributed by atoms with Crippen molar-refractivity contribution in [1.29, 1.82) is 0 Å². The van der Waals surface area contributed by atoms with Crippen molar-refractivity contribution in [2.45, 2.75) is 45.7 Å². The van der Waals surface area contributed by atoms with Crippen molar-refractivity contribution in [3.8, 4) is 0 Å². The van der Waals surface area contributed by atoms with Gasteiger partial charge in [0.1, 0.15) is 12.1 Å². The fourth-order valence-corrected chi connectivity index (χ4v) is 2.34. The number of ether oxygens (including phenoxy) is 2. The average Bonchev–Trinajstić information content (AvgIpc) is 2.93. The SMILES string of the molecule is CCOC(=O)N1CCCC1C(=O)NC(C(=O)OC)C(C)C. The third-order valence-corrected chi connectivity index (χ3v) is 3.48. The summed E-state index contributed by atoms with van der Waals surface area (Å²) in [5.74, 6) is -0.928. The van der Waals surface area contributed by atoms with E-state index in [2.05, 4.69) is 5.32 Å². The molecular weight excluding hydrogens is 276 g/mol. The van der Waals surface area contributed by atoms with E-state index in [0.717, 1.165) is 6.42 Å². The minimum Gasteiger partial charge on any atom is -0.467 e. The van der Waals surface area contributed by atoms with E-state index < -0.39 is 24.1 Å². The lowest BCUT2D eigenvalue weighted by atomic mass is 10.0. The van der Waals surface area contributed by atoms with Crippen molar-refractivity contribution >= 4 is 18.0 Å². The van der Waals surface area contributed by atoms with Gasteiger partial charge in [-0.15, -0.1) is 0 Å². The maximum absolute atomic E-state index is 12.3. The van der Waals surface area contributed by atoms with E-state index in [4.69, 9.17) is 9.47 Å². The largest absolute Gasteiger partial charge is 0.467 e. The van der Waals surface area contributed by atoms with E-state index in [1.165, 1.54) is 12.0 Å². The first kappa shape index (κ1) is 17.3. The quantitative estimate of drug-likeness (QED) is 0.763. The van der Waals surface area contributed by atoms with Gasteiger partial charge < -0.3 is 14.8 Å². The van der Waals surface area contributed by atoms with Crippen LogP contribution in [0.5, 0.6) is 0 Å². The molecule has 2 atom stereocenters. The fraction of sp³-hybridized carbons (Fsp3) is 0.786.